The van der Waals surface area contributed by atoms with Gasteiger partial charge >= 0.3 is 0 Å². The Morgan fingerprint density at radius 3 is 2.61 bits per heavy atom. The Labute approximate surface area is 147 Å². The van der Waals surface area contributed by atoms with Crippen molar-refractivity contribution in [2.24, 2.45) is 10.1 Å². The summed E-state index contributed by atoms with van der Waals surface area (Å²) in [4.78, 5) is 16.5. The first kappa shape index (κ1) is 16.0. The van der Waals surface area contributed by atoms with Crippen LogP contribution in [-0.2, 0) is 11.3 Å². The molecule has 0 aliphatic carbocycles. The summed E-state index contributed by atoms with van der Waals surface area (Å²) >= 11 is 4.81. The zero-order valence-electron chi connectivity index (χ0n) is 12.2. The molecule has 1 fully saturated rings. The molecular formula is C17H14BrN3OS. The number of aliphatic imine (C=N–C) groups is 1. The van der Waals surface area contributed by atoms with Crippen molar-refractivity contribution in [2.45, 2.75) is 6.54 Å². The first-order valence-electron chi connectivity index (χ1n) is 7.06. The van der Waals surface area contributed by atoms with Crippen LogP contribution < -0.4 is 0 Å². The lowest BCUT2D eigenvalue weighted by Crippen LogP contribution is -2.24. The van der Waals surface area contributed by atoms with Gasteiger partial charge in [-0.25, -0.2) is 0 Å². The molecule has 0 spiro atoms. The summed E-state index contributed by atoms with van der Waals surface area (Å²) in [6, 6.07) is 17.7. The average molecular weight is 388 g/mol. The molecule has 0 saturated carbocycles. The van der Waals surface area contributed by atoms with Crippen molar-refractivity contribution in [2.75, 3.05) is 5.75 Å². The smallest absolute Gasteiger partial charge is 0.259 e. The van der Waals surface area contributed by atoms with Crippen LogP contribution in [0.4, 0.5) is 0 Å². The third-order valence-corrected chi connectivity index (χ3v) is 4.65. The molecular weight excluding hydrogens is 374 g/mol. The minimum absolute atomic E-state index is 0.0461. The molecule has 0 radical (unpaired) electrons. The summed E-state index contributed by atoms with van der Waals surface area (Å²) in [5, 5.41) is 6.32. The molecule has 0 bridgehead atoms. The molecule has 0 aromatic heterocycles. The lowest BCUT2D eigenvalue weighted by atomic mass is 10.2. The van der Waals surface area contributed by atoms with Gasteiger partial charge in [0.25, 0.3) is 5.91 Å². The Morgan fingerprint density at radius 2 is 1.87 bits per heavy atom. The van der Waals surface area contributed by atoms with Crippen LogP contribution >= 0.6 is 27.7 Å². The summed E-state index contributed by atoms with van der Waals surface area (Å²) in [5.74, 6) is 0.334. The minimum Gasteiger partial charge on any atom is -0.271 e. The Hall–Kier alpha value is -1.92. The minimum atomic E-state index is -0.0461. The zero-order chi connectivity index (χ0) is 16.1. The van der Waals surface area contributed by atoms with Crippen molar-refractivity contribution in [3.05, 3.63) is 70.2 Å². The number of hydrogen-bond donors (Lipinski definition) is 0. The van der Waals surface area contributed by atoms with Crippen LogP contribution in [0.25, 0.3) is 0 Å². The van der Waals surface area contributed by atoms with E-state index < -0.39 is 0 Å². The van der Waals surface area contributed by atoms with Crippen molar-refractivity contribution in [1.29, 1.82) is 0 Å². The fraction of sp³-hybridized carbons (Fsp3) is 0.118. The topological polar surface area (TPSA) is 45.0 Å². The van der Waals surface area contributed by atoms with Crippen LogP contribution in [0.1, 0.15) is 11.1 Å². The molecule has 1 aliphatic rings. The van der Waals surface area contributed by atoms with Crippen LogP contribution in [0.3, 0.4) is 0 Å². The van der Waals surface area contributed by atoms with Gasteiger partial charge < -0.3 is 0 Å². The fourth-order valence-electron chi connectivity index (χ4n) is 2.00. The molecule has 2 aromatic carbocycles. The van der Waals surface area contributed by atoms with E-state index >= 15 is 0 Å². The maximum atomic E-state index is 12.0. The molecule has 6 heteroatoms. The molecule has 0 atom stereocenters. The Morgan fingerprint density at radius 1 is 1.13 bits per heavy atom. The van der Waals surface area contributed by atoms with E-state index in [1.165, 1.54) is 16.8 Å². The second-order valence-electron chi connectivity index (χ2n) is 4.87. The third-order valence-electron chi connectivity index (χ3n) is 3.17. The van der Waals surface area contributed by atoms with Crippen molar-refractivity contribution in [3.63, 3.8) is 0 Å². The zero-order valence-corrected chi connectivity index (χ0v) is 14.6. The molecule has 0 N–H and O–H groups in total. The summed E-state index contributed by atoms with van der Waals surface area (Å²) in [5.41, 5.74) is 2.04. The molecule has 0 unspecified atom stereocenters. The number of amidine groups is 1. The van der Waals surface area contributed by atoms with Gasteiger partial charge in [-0.15, -0.1) is 0 Å². The second-order valence-corrected chi connectivity index (χ2v) is 6.73. The molecule has 1 aliphatic heterocycles. The Kier molecular flexibility index (Phi) is 5.25. The fourth-order valence-corrected chi connectivity index (χ4v) is 3.06. The predicted molar refractivity (Wildman–Crippen MR) is 98.6 cm³/mol. The normalized spacial score (nSPS) is 16.7. The molecule has 116 valence electrons. The first-order valence-corrected chi connectivity index (χ1v) is 8.84. The number of hydrogen-bond acceptors (Lipinski definition) is 4. The summed E-state index contributed by atoms with van der Waals surface area (Å²) in [7, 11) is 0. The van der Waals surface area contributed by atoms with Crippen LogP contribution in [0, 0.1) is 0 Å². The van der Waals surface area contributed by atoms with Gasteiger partial charge in [0.05, 0.1) is 18.5 Å². The SMILES string of the molecule is O=C1CSC(=NCc2ccccc2)N1/N=C/c1ccc(Br)cc1. The van der Waals surface area contributed by atoms with Crippen molar-refractivity contribution in [3.8, 4) is 0 Å². The highest BCUT2D eigenvalue weighted by molar-refractivity contribution is 9.10. The van der Waals surface area contributed by atoms with Gasteiger partial charge in [-0.1, -0.05) is 70.2 Å². The van der Waals surface area contributed by atoms with Crippen LogP contribution in [0.15, 0.2) is 69.2 Å². The summed E-state index contributed by atoms with van der Waals surface area (Å²) in [6.07, 6.45) is 1.67. The summed E-state index contributed by atoms with van der Waals surface area (Å²) < 4.78 is 1.01. The third kappa shape index (κ3) is 4.30. The number of hydrazone groups is 1. The summed E-state index contributed by atoms with van der Waals surface area (Å²) in [6.45, 7) is 0.542. The number of nitrogens with zero attached hydrogens (tertiary/aromatic N) is 3. The molecule has 1 heterocycles. The molecule has 1 amide bonds. The monoisotopic (exact) mass is 387 g/mol. The van der Waals surface area contributed by atoms with Gasteiger partial charge in [-0.05, 0) is 23.3 Å². The van der Waals surface area contributed by atoms with Crippen LogP contribution in [0.2, 0.25) is 0 Å². The van der Waals surface area contributed by atoms with E-state index in [1.807, 2.05) is 54.6 Å². The number of amides is 1. The number of carbonyl (C=O) groups excluding carboxylic acids is 1. The first-order chi connectivity index (χ1) is 11.2. The molecule has 4 nitrogen and oxygen atoms in total. The number of halogens is 1. The van der Waals surface area contributed by atoms with Gasteiger partial charge in [-0.2, -0.15) is 10.1 Å². The van der Waals surface area contributed by atoms with E-state index in [-0.39, 0.29) is 5.91 Å². The van der Waals surface area contributed by atoms with Crippen molar-refractivity contribution in [1.82, 2.24) is 5.01 Å². The van der Waals surface area contributed by atoms with Crippen LogP contribution in [-0.4, -0.2) is 28.1 Å². The number of rotatable bonds is 4. The van der Waals surface area contributed by atoms with Gasteiger partial charge in [0.15, 0.2) is 5.17 Å². The van der Waals surface area contributed by atoms with E-state index in [2.05, 4.69) is 26.0 Å². The predicted octanol–water partition coefficient (Wildman–Crippen LogP) is 3.91. The van der Waals surface area contributed by atoms with E-state index in [4.69, 9.17) is 0 Å². The van der Waals surface area contributed by atoms with Crippen molar-refractivity contribution >= 4 is 45.0 Å². The average Bonchev–Trinajstić information content (AvgIpc) is 2.93. The second kappa shape index (κ2) is 7.57. The van der Waals surface area contributed by atoms with E-state index in [9.17, 15) is 4.79 Å². The molecule has 23 heavy (non-hydrogen) atoms. The van der Waals surface area contributed by atoms with Crippen molar-refractivity contribution < 1.29 is 4.79 Å². The van der Waals surface area contributed by atoms with E-state index in [0.29, 0.717) is 17.5 Å². The maximum Gasteiger partial charge on any atom is 0.259 e. The van der Waals surface area contributed by atoms with E-state index in [0.717, 1.165) is 15.6 Å². The molecule has 3 rings (SSSR count). The van der Waals surface area contributed by atoms with Gasteiger partial charge in [0.1, 0.15) is 0 Å². The maximum absolute atomic E-state index is 12.0. The highest BCUT2D eigenvalue weighted by atomic mass is 79.9. The number of benzene rings is 2. The van der Waals surface area contributed by atoms with Gasteiger partial charge in [-0.3, -0.25) is 9.79 Å². The van der Waals surface area contributed by atoms with Gasteiger partial charge in [0.2, 0.25) is 0 Å². The van der Waals surface area contributed by atoms with Gasteiger partial charge in [0, 0.05) is 4.47 Å². The largest absolute Gasteiger partial charge is 0.271 e. The highest BCUT2D eigenvalue weighted by Crippen LogP contribution is 2.20. The molecule has 1 saturated heterocycles. The number of carbonyl (C=O) groups is 1. The Bertz CT molecular complexity index is 744. The lowest BCUT2D eigenvalue weighted by molar-refractivity contribution is -0.124. The molecule has 2 aromatic rings. The number of thioether (sulfide) groups is 1. The van der Waals surface area contributed by atoms with E-state index in [1.54, 1.807) is 6.21 Å². The Balaban J connectivity index is 1.73. The highest BCUT2D eigenvalue weighted by Gasteiger charge is 2.27. The quantitative estimate of drug-likeness (QED) is 0.746. The standard InChI is InChI=1S/C17H14BrN3OS/c18-15-8-6-14(7-9-15)11-20-21-16(22)12-23-17(21)19-10-13-4-2-1-3-5-13/h1-9,11H,10,12H2/b19-17?,20-11+. The lowest BCUT2D eigenvalue weighted by Gasteiger charge is -2.09. The van der Waals surface area contributed by atoms with Crippen LogP contribution in [0.5, 0.6) is 0 Å².